The Morgan fingerprint density at radius 1 is 1.17 bits per heavy atom. The van der Waals surface area contributed by atoms with E-state index in [2.05, 4.69) is 27.5 Å². The van der Waals surface area contributed by atoms with E-state index in [1.54, 1.807) is 6.20 Å². The molecule has 6 heteroatoms. The number of hydrogen-bond donors (Lipinski definition) is 3. The van der Waals surface area contributed by atoms with Crippen molar-refractivity contribution in [2.24, 2.45) is 5.92 Å². The Kier molecular flexibility index (Phi) is 6.67. The summed E-state index contributed by atoms with van der Waals surface area (Å²) in [6.45, 7) is 7.24. The SMILES string of the molecule is C=C1CCC(Nc2cc(-c3cccc(NCC4CCCNC4)n3)c(Cl)cn2)CC1. The van der Waals surface area contributed by atoms with Crippen molar-refractivity contribution in [1.29, 1.82) is 0 Å². The van der Waals surface area contributed by atoms with Gasteiger partial charge in [0.2, 0.25) is 0 Å². The monoisotopic (exact) mass is 411 g/mol. The molecule has 2 aromatic heterocycles. The standard InChI is InChI=1S/C23H30ClN5/c1-16-7-9-18(10-8-16)28-23-12-19(20(24)15-27-23)21-5-2-6-22(29-21)26-14-17-4-3-11-25-13-17/h2,5-6,12,15,17-18,25H,1,3-4,7-11,13-14H2,(H,26,29)(H,27,28). The van der Waals surface area contributed by atoms with Crippen LogP contribution in [0.3, 0.4) is 0 Å². The summed E-state index contributed by atoms with van der Waals surface area (Å²) in [5, 5.41) is 11.1. The van der Waals surface area contributed by atoms with Crippen LogP contribution in [0.15, 0.2) is 42.6 Å². The summed E-state index contributed by atoms with van der Waals surface area (Å²) in [4.78, 5) is 9.28. The molecule has 0 aromatic carbocycles. The third-order valence-corrected chi connectivity index (χ3v) is 6.20. The fourth-order valence-electron chi connectivity index (χ4n) is 4.12. The number of piperidine rings is 1. The average Bonchev–Trinajstić information content (AvgIpc) is 2.76. The summed E-state index contributed by atoms with van der Waals surface area (Å²) in [5.41, 5.74) is 3.13. The Hall–Kier alpha value is -2.11. The molecule has 1 aliphatic carbocycles. The van der Waals surface area contributed by atoms with E-state index in [1.807, 2.05) is 24.3 Å². The lowest BCUT2D eigenvalue weighted by atomic mass is 9.92. The van der Waals surface area contributed by atoms with Gasteiger partial charge in [-0.3, -0.25) is 0 Å². The number of aromatic nitrogens is 2. The molecule has 0 radical (unpaired) electrons. The first-order valence-corrected chi connectivity index (χ1v) is 11.1. The Balaban J connectivity index is 1.45. The number of nitrogens with one attached hydrogen (secondary N) is 3. The zero-order valence-electron chi connectivity index (χ0n) is 16.9. The van der Waals surface area contributed by atoms with E-state index in [1.165, 1.54) is 18.4 Å². The summed E-state index contributed by atoms with van der Waals surface area (Å²) in [6, 6.07) is 8.50. The molecule has 0 amide bonds. The molecule has 0 spiro atoms. The first-order chi connectivity index (χ1) is 14.2. The van der Waals surface area contributed by atoms with Crippen molar-refractivity contribution in [3.8, 4) is 11.3 Å². The van der Waals surface area contributed by atoms with Crippen LogP contribution in [0.25, 0.3) is 11.3 Å². The van der Waals surface area contributed by atoms with Gasteiger partial charge in [-0.05, 0) is 75.7 Å². The van der Waals surface area contributed by atoms with E-state index in [4.69, 9.17) is 16.6 Å². The maximum atomic E-state index is 6.47. The second kappa shape index (κ2) is 9.59. The molecule has 1 aliphatic heterocycles. The van der Waals surface area contributed by atoms with Crippen molar-refractivity contribution >= 4 is 23.2 Å². The third-order valence-electron chi connectivity index (χ3n) is 5.90. The summed E-state index contributed by atoms with van der Waals surface area (Å²) in [7, 11) is 0. The predicted molar refractivity (Wildman–Crippen MR) is 122 cm³/mol. The van der Waals surface area contributed by atoms with Gasteiger partial charge >= 0.3 is 0 Å². The smallest absolute Gasteiger partial charge is 0.126 e. The Bertz CT molecular complexity index is 837. The molecule has 3 N–H and O–H groups in total. The number of rotatable bonds is 6. The van der Waals surface area contributed by atoms with Crippen LogP contribution in [0.1, 0.15) is 38.5 Å². The van der Waals surface area contributed by atoms with Crippen molar-refractivity contribution in [3.63, 3.8) is 0 Å². The number of pyridine rings is 2. The van der Waals surface area contributed by atoms with Gasteiger partial charge in [0.1, 0.15) is 11.6 Å². The average molecular weight is 412 g/mol. The summed E-state index contributed by atoms with van der Waals surface area (Å²) < 4.78 is 0. The highest BCUT2D eigenvalue weighted by atomic mass is 35.5. The molecule has 0 bridgehead atoms. The van der Waals surface area contributed by atoms with E-state index >= 15 is 0 Å². The number of hydrogen-bond acceptors (Lipinski definition) is 5. The summed E-state index contributed by atoms with van der Waals surface area (Å²) in [5.74, 6) is 2.40. The van der Waals surface area contributed by atoms with E-state index in [9.17, 15) is 0 Å². The molecule has 2 fully saturated rings. The number of anilines is 2. The quantitative estimate of drug-likeness (QED) is 0.576. The molecule has 29 heavy (non-hydrogen) atoms. The maximum Gasteiger partial charge on any atom is 0.126 e. The van der Waals surface area contributed by atoms with Gasteiger partial charge in [-0.15, -0.1) is 0 Å². The van der Waals surface area contributed by atoms with Crippen LogP contribution in [0.5, 0.6) is 0 Å². The van der Waals surface area contributed by atoms with Gasteiger partial charge in [0.15, 0.2) is 0 Å². The molecule has 2 aromatic rings. The lowest BCUT2D eigenvalue weighted by Crippen LogP contribution is -2.33. The van der Waals surface area contributed by atoms with Crippen molar-refractivity contribution in [2.75, 3.05) is 30.3 Å². The predicted octanol–water partition coefficient (Wildman–Crippen LogP) is 5.12. The van der Waals surface area contributed by atoms with Gasteiger partial charge in [-0.2, -0.15) is 0 Å². The minimum atomic E-state index is 0.437. The van der Waals surface area contributed by atoms with Crippen LogP contribution in [0, 0.1) is 5.92 Å². The minimum Gasteiger partial charge on any atom is -0.370 e. The minimum absolute atomic E-state index is 0.437. The van der Waals surface area contributed by atoms with Crippen LogP contribution >= 0.6 is 11.6 Å². The Morgan fingerprint density at radius 2 is 2.03 bits per heavy atom. The van der Waals surface area contributed by atoms with Crippen LogP contribution in [0.2, 0.25) is 5.02 Å². The number of nitrogens with zero attached hydrogens (tertiary/aromatic N) is 2. The van der Waals surface area contributed by atoms with Crippen molar-refractivity contribution in [1.82, 2.24) is 15.3 Å². The molecular weight excluding hydrogens is 382 g/mol. The van der Waals surface area contributed by atoms with Crippen molar-refractivity contribution < 1.29 is 0 Å². The first kappa shape index (κ1) is 20.2. The van der Waals surface area contributed by atoms with Gasteiger partial charge in [0.05, 0.1) is 10.7 Å². The number of allylic oxidation sites excluding steroid dienone is 1. The number of halogens is 1. The molecule has 4 rings (SSSR count). The lowest BCUT2D eigenvalue weighted by Gasteiger charge is -2.25. The molecule has 1 saturated heterocycles. The van der Waals surface area contributed by atoms with Crippen LogP contribution in [0.4, 0.5) is 11.6 Å². The zero-order valence-corrected chi connectivity index (χ0v) is 17.6. The molecule has 5 nitrogen and oxygen atoms in total. The fraction of sp³-hybridized carbons (Fsp3) is 0.478. The zero-order chi connectivity index (χ0) is 20.1. The van der Waals surface area contributed by atoms with Crippen molar-refractivity contribution in [2.45, 2.75) is 44.6 Å². The largest absolute Gasteiger partial charge is 0.370 e. The Morgan fingerprint density at radius 3 is 2.83 bits per heavy atom. The molecule has 1 unspecified atom stereocenters. The van der Waals surface area contributed by atoms with Crippen LogP contribution in [-0.4, -0.2) is 35.6 Å². The van der Waals surface area contributed by atoms with Gasteiger partial charge in [-0.1, -0.05) is 29.8 Å². The molecule has 2 aliphatic rings. The highest BCUT2D eigenvalue weighted by Crippen LogP contribution is 2.30. The first-order valence-electron chi connectivity index (χ1n) is 10.7. The third kappa shape index (κ3) is 5.49. The molecule has 154 valence electrons. The Labute approximate surface area is 178 Å². The van der Waals surface area contributed by atoms with E-state index in [0.717, 1.165) is 68.2 Å². The van der Waals surface area contributed by atoms with E-state index in [0.29, 0.717) is 17.0 Å². The van der Waals surface area contributed by atoms with E-state index in [-0.39, 0.29) is 0 Å². The van der Waals surface area contributed by atoms with Crippen LogP contribution < -0.4 is 16.0 Å². The molecule has 1 saturated carbocycles. The molecule has 1 atom stereocenters. The fourth-order valence-corrected chi connectivity index (χ4v) is 4.32. The van der Waals surface area contributed by atoms with Gasteiger partial charge in [-0.25, -0.2) is 9.97 Å². The second-order valence-corrected chi connectivity index (χ2v) is 8.63. The summed E-state index contributed by atoms with van der Waals surface area (Å²) in [6.07, 6.45) is 8.61. The molecule has 3 heterocycles. The van der Waals surface area contributed by atoms with E-state index < -0.39 is 0 Å². The highest BCUT2D eigenvalue weighted by molar-refractivity contribution is 6.33. The maximum absolute atomic E-state index is 6.47. The highest BCUT2D eigenvalue weighted by Gasteiger charge is 2.17. The van der Waals surface area contributed by atoms with Crippen molar-refractivity contribution in [3.05, 3.63) is 47.6 Å². The lowest BCUT2D eigenvalue weighted by molar-refractivity contribution is 0.392. The topological polar surface area (TPSA) is 61.9 Å². The normalized spacial score (nSPS) is 20.4. The van der Waals surface area contributed by atoms with Gasteiger partial charge in [0.25, 0.3) is 0 Å². The van der Waals surface area contributed by atoms with Gasteiger partial charge in [0, 0.05) is 24.3 Å². The molecular formula is C23H30ClN5. The van der Waals surface area contributed by atoms with Gasteiger partial charge < -0.3 is 16.0 Å². The second-order valence-electron chi connectivity index (χ2n) is 8.22. The van der Waals surface area contributed by atoms with Crippen LogP contribution in [-0.2, 0) is 0 Å². The summed E-state index contributed by atoms with van der Waals surface area (Å²) >= 11 is 6.47.